The number of ether oxygens (including phenoxy) is 1. The Balaban J connectivity index is 1.62. The molecule has 134 valence electrons. The summed E-state index contributed by atoms with van der Waals surface area (Å²) >= 11 is 0. The molecule has 0 unspecified atom stereocenters. The van der Waals surface area contributed by atoms with Crippen molar-refractivity contribution in [1.82, 2.24) is 5.01 Å². The van der Waals surface area contributed by atoms with Crippen LogP contribution in [0.2, 0.25) is 0 Å². The predicted octanol–water partition coefficient (Wildman–Crippen LogP) is 4.72. The number of amides is 1. The molecule has 2 bridgehead atoms. The molecule has 0 spiro atoms. The lowest BCUT2D eigenvalue weighted by Crippen LogP contribution is -2.51. The highest BCUT2D eigenvalue weighted by atomic mass is 16.5. The zero-order valence-electron chi connectivity index (χ0n) is 15.1. The average molecular weight is 356 g/mol. The molecule has 4 nitrogen and oxygen atoms in total. The molecule has 2 aliphatic heterocycles. The highest BCUT2D eigenvalue weighted by molar-refractivity contribution is 5.99. The van der Waals surface area contributed by atoms with E-state index in [0.717, 1.165) is 34.5 Å². The number of carbonyl (C=O) groups excluding carboxylic acids is 1. The third-order valence-electron chi connectivity index (χ3n) is 5.36. The van der Waals surface area contributed by atoms with Gasteiger partial charge in [-0.15, -0.1) is 0 Å². The summed E-state index contributed by atoms with van der Waals surface area (Å²) in [5.41, 5.74) is 4.03. The topological polar surface area (TPSA) is 32.8 Å². The maximum absolute atomic E-state index is 13.4. The van der Waals surface area contributed by atoms with Crippen LogP contribution < -0.4 is 9.75 Å². The number of rotatable bonds is 3. The molecule has 3 aromatic rings. The van der Waals surface area contributed by atoms with E-state index in [1.165, 1.54) is 0 Å². The molecule has 1 amide bonds. The van der Waals surface area contributed by atoms with Gasteiger partial charge < -0.3 is 4.74 Å². The van der Waals surface area contributed by atoms with Crippen molar-refractivity contribution < 1.29 is 9.53 Å². The van der Waals surface area contributed by atoms with E-state index in [0.29, 0.717) is 0 Å². The Labute approximate surface area is 158 Å². The number of hydrogen-bond donors (Lipinski definition) is 0. The van der Waals surface area contributed by atoms with Crippen LogP contribution in [0.15, 0.2) is 78.9 Å². The lowest BCUT2D eigenvalue weighted by Gasteiger charge is -2.40. The molecular weight excluding hydrogens is 336 g/mol. The number of benzene rings is 3. The first kappa shape index (κ1) is 15.9. The number of nitrogens with zero attached hydrogens (tertiary/aromatic N) is 2. The molecule has 2 heterocycles. The predicted molar refractivity (Wildman–Crippen MR) is 104 cm³/mol. The van der Waals surface area contributed by atoms with Crippen molar-refractivity contribution in [3.63, 3.8) is 0 Å². The Morgan fingerprint density at radius 2 is 1.56 bits per heavy atom. The van der Waals surface area contributed by atoms with Crippen molar-refractivity contribution >= 4 is 11.6 Å². The fourth-order valence-corrected chi connectivity index (χ4v) is 4.13. The van der Waals surface area contributed by atoms with Crippen molar-refractivity contribution in [2.45, 2.75) is 25.6 Å². The highest BCUT2D eigenvalue weighted by Crippen LogP contribution is 2.46. The minimum Gasteiger partial charge on any atom is -0.469 e. The summed E-state index contributed by atoms with van der Waals surface area (Å²) in [6, 6.07) is 25.9. The van der Waals surface area contributed by atoms with Gasteiger partial charge in [0.25, 0.3) is 5.91 Å². The van der Waals surface area contributed by atoms with Crippen LogP contribution in [0.4, 0.5) is 5.69 Å². The first-order valence-electron chi connectivity index (χ1n) is 9.23. The van der Waals surface area contributed by atoms with Gasteiger partial charge in [0.1, 0.15) is 5.75 Å². The Morgan fingerprint density at radius 3 is 2.37 bits per heavy atom. The number of hydrazine groups is 1. The van der Waals surface area contributed by atoms with Crippen LogP contribution in [0.5, 0.6) is 5.75 Å². The second kappa shape index (κ2) is 6.16. The average Bonchev–Trinajstić information content (AvgIpc) is 3.01. The largest absolute Gasteiger partial charge is 0.469 e. The molecule has 0 N–H and O–H groups in total. The molecule has 0 aliphatic carbocycles. The number of anilines is 1. The summed E-state index contributed by atoms with van der Waals surface area (Å²) in [4.78, 5) is 13.4. The molecule has 27 heavy (non-hydrogen) atoms. The van der Waals surface area contributed by atoms with Gasteiger partial charge in [-0.2, -0.15) is 0 Å². The zero-order chi connectivity index (χ0) is 18.4. The molecule has 2 aliphatic rings. The van der Waals surface area contributed by atoms with Gasteiger partial charge in [-0.05, 0) is 42.3 Å². The molecule has 2 atom stereocenters. The van der Waals surface area contributed by atoms with Crippen LogP contribution in [0.25, 0.3) is 0 Å². The number of fused-ring (bicyclic) bond motifs is 4. The third-order valence-corrected chi connectivity index (χ3v) is 5.36. The maximum Gasteiger partial charge on any atom is 0.276 e. The van der Waals surface area contributed by atoms with Gasteiger partial charge in [0.15, 0.2) is 6.23 Å². The molecule has 1 fully saturated rings. The van der Waals surface area contributed by atoms with E-state index in [1.807, 2.05) is 60.7 Å². The Kier molecular flexibility index (Phi) is 3.64. The van der Waals surface area contributed by atoms with Crippen molar-refractivity contribution in [2.75, 3.05) is 5.01 Å². The molecule has 4 heteroatoms. The minimum atomic E-state index is -0.336. The van der Waals surface area contributed by atoms with Gasteiger partial charge in [-0.3, -0.25) is 9.80 Å². The monoisotopic (exact) mass is 356 g/mol. The Hall–Kier alpha value is -3.27. The summed E-state index contributed by atoms with van der Waals surface area (Å²) in [5.74, 6) is 0.764. The van der Waals surface area contributed by atoms with Gasteiger partial charge in [0.05, 0.1) is 11.7 Å². The second-order valence-electron chi connectivity index (χ2n) is 7.01. The van der Waals surface area contributed by atoms with Gasteiger partial charge in [-0.1, -0.05) is 54.6 Å². The van der Waals surface area contributed by atoms with Crippen molar-refractivity contribution in [1.29, 1.82) is 0 Å². The van der Waals surface area contributed by atoms with Crippen LogP contribution in [-0.4, -0.2) is 17.1 Å². The van der Waals surface area contributed by atoms with E-state index in [-0.39, 0.29) is 18.2 Å². The minimum absolute atomic E-state index is 0.0106. The highest BCUT2D eigenvalue weighted by Gasteiger charge is 2.50. The van der Waals surface area contributed by atoms with Crippen LogP contribution >= 0.6 is 0 Å². The number of carbonyl (C=O) groups is 1. The Bertz CT molecular complexity index is 1000. The summed E-state index contributed by atoms with van der Waals surface area (Å²) in [5, 5.41) is 3.91. The lowest BCUT2D eigenvalue weighted by molar-refractivity contribution is 0.0354. The molecule has 1 saturated heterocycles. The van der Waals surface area contributed by atoms with E-state index in [1.54, 1.807) is 5.01 Å². The van der Waals surface area contributed by atoms with Gasteiger partial charge >= 0.3 is 0 Å². The molecular formula is C23H20N2O2. The van der Waals surface area contributed by atoms with Crippen LogP contribution in [0, 0.1) is 6.92 Å². The first-order valence-corrected chi connectivity index (χ1v) is 9.23. The standard InChI is InChI=1S/C23H20N2O2/c1-16-9-5-8-14-20(16)24-21-15-22(27-17-10-3-2-4-11-17)25(24)23(26)19-13-7-6-12-18(19)21/h2-14,21-22H,15H2,1H3/t21-,22+/m0/s1. The number of para-hydroxylation sites is 2. The van der Waals surface area contributed by atoms with Crippen LogP contribution in [-0.2, 0) is 0 Å². The van der Waals surface area contributed by atoms with E-state index >= 15 is 0 Å². The number of aryl methyl sites for hydroxylation is 1. The van der Waals surface area contributed by atoms with Gasteiger partial charge in [0, 0.05) is 12.0 Å². The molecule has 5 rings (SSSR count). The normalized spacial score (nSPS) is 20.6. The quantitative estimate of drug-likeness (QED) is 0.681. The van der Waals surface area contributed by atoms with Crippen molar-refractivity contribution in [3.05, 3.63) is 95.6 Å². The smallest absolute Gasteiger partial charge is 0.276 e. The zero-order valence-corrected chi connectivity index (χ0v) is 15.1. The number of hydrogen-bond acceptors (Lipinski definition) is 3. The van der Waals surface area contributed by atoms with E-state index in [2.05, 4.69) is 30.1 Å². The van der Waals surface area contributed by atoms with Gasteiger partial charge in [-0.25, -0.2) is 5.01 Å². The van der Waals surface area contributed by atoms with Crippen LogP contribution in [0.1, 0.15) is 33.9 Å². The van der Waals surface area contributed by atoms with E-state index in [4.69, 9.17) is 4.74 Å². The second-order valence-corrected chi connectivity index (χ2v) is 7.01. The van der Waals surface area contributed by atoms with Gasteiger partial charge in [0.2, 0.25) is 0 Å². The lowest BCUT2D eigenvalue weighted by atomic mass is 9.96. The van der Waals surface area contributed by atoms with Crippen molar-refractivity contribution in [2.24, 2.45) is 0 Å². The Morgan fingerprint density at radius 1 is 0.852 bits per heavy atom. The maximum atomic E-state index is 13.4. The summed E-state index contributed by atoms with van der Waals surface area (Å²) in [6.07, 6.45) is 0.392. The fourth-order valence-electron chi connectivity index (χ4n) is 4.13. The third kappa shape index (κ3) is 2.48. The van der Waals surface area contributed by atoms with E-state index < -0.39 is 0 Å². The summed E-state index contributed by atoms with van der Waals surface area (Å²) < 4.78 is 6.25. The molecule has 0 radical (unpaired) electrons. The summed E-state index contributed by atoms with van der Waals surface area (Å²) in [7, 11) is 0. The molecule has 0 saturated carbocycles. The SMILES string of the molecule is Cc1ccccc1N1[C@H]2C[C@@H](Oc3ccccc3)N1C(=O)c1ccccc12. The fraction of sp³-hybridized carbons (Fsp3) is 0.174. The summed E-state index contributed by atoms with van der Waals surface area (Å²) in [6.45, 7) is 2.08. The van der Waals surface area contributed by atoms with Crippen molar-refractivity contribution in [3.8, 4) is 5.75 Å². The first-order chi connectivity index (χ1) is 13.2. The molecule has 0 aromatic heterocycles. The van der Waals surface area contributed by atoms with E-state index in [9.17, 15) is 4.79 Å². The van der Waals surface area contributed by atoms with Crippen LogP contribution in [0.3, 0.4) is 0 Å². The molecule has 3 aromatic carbocycles.